The molecule has 5 nitrogen and oxygen atoms in total. The summed E-state index contributed by atoms with van der Waals surface area (Å²) >= 11 is 1.78. The number of thiophene rings is 1. The molecule has 4 heterocycles. The molecule has 29 heavy (non-hydrogen) atoms. The van der Waals surface area contributed by atoms with E-state index in [1.807, 2.05) is 47.4 Å². The third-order valence-electron chi connectivity index (χ3n) is 5.34. The van der Waals surface area contributed by atoms with E-state index in [-0.39, 0.29) is 5.91 Å². The Labute approximate surface area is 173 Å². The van der Waals surface area contributed by atoms with Gasteiger partial charge in [0.1, 0.15) is 5.69 Å². The van der Waals surface area contributed by atoms with E-state index in [2.05, 4.69) is 27.4 Å². The lowest BCUT2D eigenvalue weighted by Gasteiger charge is -2.34. The Kier molecular flexibility index (Phi) is 4.87. The van der Waals surface area contributed by atoms with Crippen molar-refractivity contribution >= 4 is 28.1 Å². The molecule has 4 aromatic rings. The molecule has 0 bridgehead atoms. The van der Waals surface area contributed by atoms with Crippen LogP contribution >= 0.6 is 11.3 Å². The molecule has 5 rings (SSSR count). The lowest BCUT2D eigenvalue weighted by atomic mass is 10.0. The van der Waals surface area contributed by atoms with E-state index in [0.29, 0.717) is 17.0 Å². The van der Waals surface area contributed by atoms with E-state index < -0.39 is 0 Å². The van der Waals surface area contributed by atoms with Gasteiger partial charge in [0.05, 0.1) is 17.3 Å². The van der Waals surface area contributed by atoms with E-state index >= 15 is 0 Å². The number of pyridine rings is 1. The van der Waals surface area contributed by atoms with E-state index in [0.717, 1.165) is 43.6 Å². The first kappa shape index (κ1) is 18.1. The summed E-state index contributed by atoms with van der Waals surface area (Å²) in [6.07, 6.45) is 1.63. The number of para-hydroxylation sites is 1. The largest absolute Gasteiger partial charge is 0.463 e. The predicted octanol–water partition coefficient (Wildman–Crippen LogP) is 4.51. The Morgan fingerprint density at radius 2 is 1.90 bits per heavy atom. The second kappa shape index (κ2) is 7.81. The van der Waals surface area contributed by atoms with Crippen molar-refractivity contribution in [2.45, 2.75) is 6.54 Å². The maximum absolute atomic E-state index is 13.4. The Morgan fingerprint density at radius 1 is 1.03 bits per heavy atom. The molecule has 1 aliphatic heterocycles. The maximum atomic E-state index is 13.4. The van der Waals surface area contributed by atoms with Gasteiger partial charge in [0, 0.05) is 43.0 Å². The van der Waals surface area contributed by atoms with Gasteiger partial charge in [-0.05, 0) is 35.7 Å². The normalized spacial score (nSPS) is 15.1. The third kappa shape index (κ3) is 3.69. The molecule has 146 valence electrons. The number of piperazine rings is 1. The van der Waals surface area contributed by atoms with Gasteiger partial charge < -0.3 is 9.32 Å². The zero-order valence-electron chi connectivity index (χ0n) is 16.0. The molecule has 0 radical (unpaired) electrons. The standard InChI is InChI=1S/C23H21N3O2S/c27-23(26-11-9-25(10-12-26)16-17-5-4-14-29-17)19-15-21(22-8-3-13-28-22)24-20-7-2-1-6-18(19)20/h1-8,13-15H,9-12,16H2. The van der Waals surface area contributed by atoms with Crippen molar-refractivity contribution in [1.29, 1.82) is 0 Å². The smallest absolute Gasteiger partial charge is 0.254 e. The molecule has 0 aliphatic carbocycles. The fourth-order valence-corrected chi connectivity index (χ4v) is 4.55. The minimum absolute atomic E-state index is 0.0622. The van der Waals surface area contributed by atoms with Gasteiger partial charge in [-0.3, -0.25) is 9.69 Å². The number of aromatic nitrogens is 1. The molecule has 0 spiro atoms. The average Bonchev–Trinajstić information content (AvgIpc) is 3.47. The van der Waals surface area contributed by atoms with Crippen LogP contribution in [0.1, 0.15) is 15.2 Å². The SMILES string of the molecule is O=C(c1cc(-c2ccco2)nc2ccccc12)N1CCN(Cc2cccs2)CC1. The molecular formula is C23H21N3O2S. The highest BCUT2D eigenvalue weighted by Crippen LogP contribution is 2.26. The van der Waals surface area contributed by atoms with Crippen LogP contribution in [-0.4, -0.2) is 46.9 Å². The molecule has 3 aromatic heterocycles. The van der Waals surface area contributed by atoms with Crippen LogP contribution in [0.25, 0.3) is 22.4 Å². The molecule has 0 unspecified atom stereocenters. The zero-order chi connectivity index (χ0) is 19.6. The molecule has 1 amide bonds. The van der Waals surface area contributed by atoms with Crippen LogP contribution in [0.2, 0.25) is 0 Å². The summed E-state index contributed by atoms with van der Waals surface area (Å²) in [7, 11) is 0. The summed E-state index contributed by atoms with van der Waals surface area (Å²) in [6.45, 7) is 4.20. The van der Waals surface area contributed by atoms with E-state index in [1.54, 1.807) is 17.6 Å². The summed E-state index contributed by atoms with van der Waals surface area (Å²) in [6, 6.07) is 17.6. The number of fused-ring (bicyclic) bond motifs is 1. The van der Waals surface area contributed by atoms with Crippen LogP contribution in [0, 0.1) is 0 Å². The number of furan rings is 1. The van der Waals surface area contributed by atoms with Crippen LogP contribution in [0.15, 0.2) is 70.7 Å². The molecule has 0 N–H and O–H groups in total. The van der Waals surface area contributed by atoms with Crippen molar-refractivity contribution in [2.75, 3.05) is 26.2 Å². The molecule has 1 aliphatic rings. The number of amides is 1. The quantitative estimate of drug-likeness (QED) is 0.503. The molecular weight excluding hydrogens is 382 g/mol. The first-order valence-electron chi connectivity index (χ1n) is 9.75. The minimum Gasteiger partial charge on any atom is -0.463 e. The van der Waals surface area contributed by atoms with Gasteiger partial charge in [0.25, 0.3) is 5.91 Å². The van der Waals surface area contributed by atoms with E-state index in [1.165, 1.54) is 4.88 Å². The Balaban J connectivity index is 1.39. The highest BCUT2D eigenvalue weighted by Gasteiger charge is 2.24. The lowest BCUT2D eigenvalue weighted by molar-refractivity contribution is 0.0631. The predicted molar refractivity (Wildman–Crippen MR) is 115 cm³/mol. The van der Waals surface area contributed by atoms with Crippen LogP contribution < -0.4 is 0 Å². The number of benzene rings is 1. The Morgan fingerprint density at radius 3 is 2.66 bits per heavy atom. The molecule has 1 fully saturated rings. The second-order valence-corrected chi connectivity index (χ2v) is 8.23. The van der Waals surface area contributed by atoms with Gasteiger partial charge in [-0.1, -0.05) is 24.3 Å². The number of hydrogen-bond acceptors (Lipinski definition) is 5. The average molecular weight is 404 g/mol. The number of nitrogens with zero attached hydrogens (tertiary/aromatic N) is 3. The maximum Gasteiger partial charge on any atom is 0.254 e. The van der Waals surface area contributed by atoms with Gasteiger partial charge in [-0.2, -0.15) is 0 Å². The summed E-state index contributed by atoms with van der Waals surface area (Å²) in [4.78, 5) is 23.8. The second-order valence-electron chi connectivity index (χ2n) is 7.20. The van der Waals surface area contributed by atoms with E-state index in [4.69, 9.17) is 4.42 Å². The van der Waals surface area contributed by atoms with Gasteiger partial charge in [0.15, 0.2) is 5.76 Å². The fourth-order valence-electron chi connectivity index (χ4n) is 3.81. The van der Waals surface area contributed by atoms with Crippen molar-refractivity contribution < 1.29 is 9.21 Å². The Bertz CT molecular complexity index is 1110. The molecule has 0 atom stereocenters. The number of hydrogen-bond donors (Lipinski definition) is 0. The Hall–Kier alpha value is -2.96. The summed E-state index contributed by atoms with van der Waals surface area (Å²) < 4.78 is 5.52. The summed E-state index contributed by atoms with van der Waals surface area (Å²) in [5, 5.41) is 2.99. The molecule has 1 aromatic carbocycles. The monoisotopic (exact) mass is 403 g/mol. The number of rotatable bonds is 4. The third-order valence-corrected chi connectivity index (χ3v) is 6.20. The van der Waals surface area contributed by atoms with Crippen LogP contribution in [0.4, 0.5) is 0 Å². The summed E-state index contributed by atoms with van der Waals surface area (Å²) in [5.41, 5.74) is 2.18. The van der Waals surface area contributed by atoms with E-state index in [9.17, 15) is 4.79 Å². The topological polar surface area (TPSA) is 49.6 Å². The first-order chi connectivity index (χ1) is 14.3. The van der Waals surface area contributed by atoms with Gasteiger partial charge in [-0.25, -0.2) is 4.98 Å². The van der Waals surface area contributed by atoms with Gasteiger partial charge in [0.2, 0.25) is 0 Å². The van der Waals surface area contributed by atoms with Crippen LogP contribution in [0.3, 0.4) is 0 Å². The molecule has 1 saturated heterocycles. The highest BCUT2D eigenvalue weighted by molar-refractivity contribution is 7.09. The molecule has 6 heteroatoms. The minimum atomic E-state index is 0.0622. The van der Waals surface area contributed by atoms with Gasteiger partial charge in [-0.15, -0.1) is 11.3 Å². The van der Waals surface area contributed by atoms with Crippen molar-refractivity contribution in [3.63, 3.8) is 0 Å². The number of carbonyl (C=O) groups is 1. The van der Waals surface area contributed by atoms with Crippen molar-refractivity contribution in [3.8, 4) is 11.5 Å². The van der Waals surface area contributed by atoms with Crippen molar-refractivity contribution in [1.82, 2.24) is 14.8 Å². The van der Waals surface area contributed by atoms with Crippen molar-refractivity contribution in [3.05, 3.63) is 76.7 Å². The fraction of sp³-hybridized carbons (Fsp3) is 0.217. The van der Waals surface area contributed by atoms with Crippen LogP contribution in [0.5, 0.6) is 0 Å². The molecule has 0 saturated carbocycles. The first-order valence-corrected chi connectivity index (χ1v) is 10.6. The zero-order valence-corrected chi connectivity index (χ0v) is 16.8. The van der Waals surface area contributed by atoms with Crippen molar-refractivity contribution in [2.24, 2.45) is 0 Å². The van der Waals surface area contributed by atoms with Crippen LogP contribution in [-0.2, 0) is 6.54 Å². The summed E-state index contributed by atoms with van der Waals surface area (Å²) in [5.74, 6) is 0.734. The highest BCUT2D eigenvalue weighted by atomic mass is 32.1. The lowest BCUT2D eigenvalue weighted by Crippen LogP contribution is -2.48. The van der Waals surface area contributed by atoms with Gasteiger partial charge >= 0.3 is 0 Å². The number of carbonyl (C=O) groups excluding carboxylic acids is 1.